The number of nitrogens with zero attached hydrogens (tertiary/aromatic N) is 4. The first-order valence-electron chi connectivity index (χ1n) is 8.47. The summed E-state index contributed by atoms with van der Waals surface area (Å²) in [6, 6.07) is 10.4. The van der Waals surface area contributed by atoms with E-state index in [2.05, 4.69) is 28.6 Å². The second kappa shape index (κ2) is 7.53. The van der Waals surface area contributed by atoms with E-state index in [1.807, 2.05) is 18.3 Å². The number of anilines is 1. The van der Waals surface area contributed by atoms with Crippen molar-refractivity contribution in [3.63, 3.8) is 0 Å². The van der Waals surface area contributed by atoms with Crippen LogP contribution in [0.5, 0.6) is 0 Å². The van der Waals surface area contributed by atoms with Crippen LogP contribution in [0.25, 0.3) is 0 Å². The summed E-state index contributed by atoms with van der Waals surface area (Å²) in [5.41, 5.74) is 2.79. The Kier molecular flexibility index (Phi) is 5.20. The standard InChI is InChI=1S/C19H23FN4/c1-3-23(4-2)12-13-24-14-18(15-7-9-16(20)10-8-15)22-17-6-5-11-21-19(17)24/h5-11H,3-4,12-14H2,1-2H3. The third-order valence-electron chi connectivity index (χ3n) is 4.42. The molecule has 0 radical (unpaired) electrons. The molecule has 0 fully saturated rings. The number of hydrogen-bond acceptors (Lipinski definition) is 4. The van der Waals surface area contributed by atoms with Gasteiger partial charge in [0.15, 0.2) is 5.82 Å². The van der Waals surface area contributed by atoms with E-state index in [0.29, 0.717) is 6.54 Å². The molecule has 0 saturated carbocycles. The topological polar surface area (TPSA) is 31.7 Å². The van der Waals surface area contributed by atoms with Crippen molar-refractivity contribution in [2.45, 2.75) is 13.8 Å². The molecule has 1 aromatic carbocycles. The molecular formula is C19H23FN4. The molecule has 0 N–H and O–H groups in total. The van der Waals surface area contributed by atoms with Gasteiger partial charge in [-0.3, -0.25) is 0 Å². The molecule has 2 aromatic rings. The number of aromatic nitrogens is 1. The van der Waals surface area contributed by atoms with Gasteiger partial charge in [0.25, 0.3) is 0 Å². The summed E-state index contributed by atoms with van der Waals surface area (Å²) in [5.74, 6) is 0.700. The van der Waals surface area contributed by atoms with Crippen LogP contribution in [0.15, 0.2) is 47.6 Å². The second-order valence-corrected chi connectivity index (χ2v) is 5.86. The van der Waals surface area contributed by atoms with Crippen molar-refractivity contribution in [3.8, 4) is 0 Å². The van der Waals surface area contributed by atoms with Crippen LogP contribution in [0, 0.1) is 5.82 Å². The predicted molar refractivity (Wildman–Crippen MR) is 96.8 cm³/mol. The van der Waals surface area contributed by atoms with Crippen LogP contribution < -0.4 is 4.90 Å². The van der Waals surface area contributed by atoms with Gasteiger partial charge in [0.1, 0.15) is 11.5 Å². The first-order valence-corrected chi connectivity index (χ1v) is 8.47. The van der Waals surface area contributed by atoms with Crippen LogP contribution in [-0.2, 0) is 0 Å². The smallest absolute Gasteiger partial charge is 0.154 e. The van der Waals surface area contributed by atoms with Crippen molar-refractivity contribution in [1.82, 2.24) is 9.88 Å². The quantitative estimate of drug-likeness (QED) is 0.814. The number of pyridine rings is 1. The van der Waals surface area contributed by atoms with Gasteiger partial charge in [-0.25, -0.2) is 14.4 Å². The molecule has 4 nitrogen and oxygen atoms in total. The van der Waals surface area contributed by atoms with E-state index < -0.39 is 0 Å². The maximum absolute atomic E-state index is 13.2. The van der Waals surface area contributed by atoms with Gasteiger partial charge in [0, 0.05) is 19.3 Å². The second-order valence-electron chi connectivity index (χ2n) is 5.86. The average molecular weight is 326 g/mol. The predicted octanol–water partition coefficient (Wildman–Crippen LogP) is 3.50. The van der Waals surface area contributed by atoms with Gasteiger partial charge in [-0.1, -0.05) is 26.0 Å². The molecule has 5 heteroatoms. The third-order valence-corrected chi connectivity index (χ3v) is 4.42. The summed E-state index contributed by atoms with van der Waals surface area (Å²) < 4.78 is 13.2. The van der Waals surface area contributed by atoms with Gasteiger partial charge in [0.2, 0.25) is 0 Å². The van der Waals surface area contributed by atoms with Gasteiger partial charge < -0.3 is 9.80 Å². The normalized spacial score (nSPS) is 13.8. The van der Waals surface area contributed by atoms with E-state index in [-0.39, 0.29) is 5.82 Å². The van der Waals surface area contributed by atoms with Crippen molar-refractivity contribution in [1.29, 1.82) is 0 Å². The molecule has 126 valence electrons. The van der Waals surface area contributed by atoms with E-state index in [0.717, 1.165) is 49.0 Å². The van der Waals surface area contributed by atoms with E-state index in [4.69, 9.17) is 4.99 Å². The Morgan fingerprint density at radius 1 is 1.12 bits per heavy atom. The molecule has 0 bridgehead atoms. The monoisotopic (exact) mass is 326 g/mol. The van der Waals surface area contributed by atoms with Crippen molar-refractivity contribution >= 4 is 17.2 Å². The largest absolute Gasteiger partial charge is 0.348 e. The van der Waals surface area contributed by atoms with Crippen LogP contribution in [0.2, 0.25) is 0 Å². The molecule has 1 aromatic heterocycles. The molecule has 0 amide bonds. The molecule has 24 heavy (non-hydrogen) atoms. The Morgan fingerprint density at radius 3 is 2.58 bits per heavy atom. The van der Waals surface area contributed by atoms with Gasteiger partial charge >= 0.3 is 0 Å². The van der Waals surface area contributed by atoms with Crippen LogP contribution in [0.3, 0.4) is 0 Å². The fraction of sp³-hybridized carbons (Fsp3) is 0.368. The summed E-state index contributed by atoms with van der Waals surface area (Å²) >= 11 is 0. The Hall–Kier alpha value is -2.27. The Bertz CT molecular complexity index is 708. The zero-order chi connectivity index (χ0) is 16.9. The minimum atomic E-state index is -0.226. The molecule has 0 saturated heterocycles. The fourth-order valence-corrected chi connectivity index (χ4v) is 2.94. The van der Waals surface area contributed by atoms with Gasteiger partial charge in [-0.05, 0) is 42.9 Å². The highest BCUT2D eigenvalue weighted by Gasteiger charge is 2.21. The molecule has 0 aliphatic carbocycles. The Balaban J connectivity index is 1.86. The van der Waals surface area contributed by atoms with Crippen LogP contribution in [-0.4, -0.2) is 48.3 Å². The van der Waals surface area contributed by atoms with E-state index >= 15 is 0 Å². The summed E-state index contributed by atoms with van der Waals surface area (Å²) in [5, 5.41) is 0. The lowest BCUT2D eigenvalue weighted by atomic mass is 10.1. The lowest BCUT2D eigenvalue weighted by molar-refractivity contribution is 0.310. The fourth-order valence-electron chi connectivity index (χ4n) is 2.94. The Labute approximate surface area is 142 Å². The lowest BCUT2D eigenvalue weighted by Gasteiger charge is -2.31. The summed E-state index contributed by atoms with van der Waals surface area (Å²) in [6.07, 6.45) is 1.81. The molecule has 2 heterocycles. The summed E-state index contributed by atoms with van der Waals surface area (Å²) in [7, 11) is 0. The van der Waals surface area contributed by atoms with Crippen molar-refractivity contribution in [2.24, 2.45) is 4.99 Å². The minimum absolute atomic E-state index is 0.226. The molecule has 1 aliphatic rings. The highest BCUT2D eigenvalue weighted by molar-refractivity contribution is 6.07. The maximum atomic E-state index is 13.2. The van der Waals surface area contributed by atoms with E-state index in [1.54, 1.807) is 12.1 Å². The summed E-state index contributed by atoms with van der Waals surface area (Å²) in [4.78, 5) is 13.9. The first kappa shape index (κ1) is 16.6. The number of aliphatic imine (C=N–C) groups is 1. The van der Waals surface area contributed by atoms with Crippen molar-refractivity contribution in [3.05, 3.63) is 54.0 Å². The number of benzene rings is 1. The Morgan fingerprint density at radius 2 is 1.88 bits per heavy atom. The van der Waals surface area contributed by atoms with Gasteiger partial charge in [-0.2, -0.15) is 0 Å². The SMILES string of the molecule is CCN(CC)CCN1CC(c2ccc(F)cc2)=Nc2cccnc21. The molecule has 0 atom stereocenters. The molecule has 1 aliphatic heterocycles. The molecular weight excluding hydrogens is 303 g/mol. The third kappa shape index (κ3) is 3.62. The van der Waals surface area contributed by atoms with Crippen LogP contribution >= 0.6 is 0 Å². The number of fused-ring (bicyclic) bond motifs is 1. The van der Waals surface area contributed by atoms with Crippen molar-refractivity contribution in [2.75, 3.05) is 37.6 Å². The minimum Gasteiger partial charge on any atom is -0.348 e. The van der Waals surface area contributed by atoms with Crippen LogP contribution in [0.1, 0.15) is 19.4 Å². The molecule has 0 spiro atoms. The highest BCUT2D eigenvalue weighted by atomic mass is 19.1. The lowest BCUT2D eigenvalue weighted by Crippen LogP contribution is -2.39. The average Bonchev–Trinajstić information content (AvgIpc) is 2.63. The van der Waals surface area contributed by atoms with E-state index in [9.17, 15) is 4.39 Å². The number of halogens is 1. The van der Waals surface area contributed by atoms with Gasteiger partial charge in [0.05, 0.1) is 12.3 Å². The van der Waals surface area contributed by atoms with Gasteiger partial charge in [-0.15, -0.1) is 0 Å². The number of hydrogen-bond donors (Lipinski definition) is 0. The number of rotatable bonds is 6. The molecule has 0 unspecified atom stereocenters. The highest BCUT2D eigenvalue weighted by Crippen LogP contribution is 2.30. The number of likely N-dealkylation sites (N-methyl/N-ethyl adjacent to an activating group) is 1. The molecule has 3 rings (SSSR count). The van der Waals surface area contributed by atoms with Crippen molar-refractivity contribution < 1.29 is 4.39 Å². The first-order chi connectivity index (χ1) is 11.7. The van der Waals surface area contributed by atoms with Crippen LogP contribution in [0.4, 0.5) is 15.9 Å². The zero-order valence-electron chi connectivity index (χ0n) is 14.2. The van der Waals surface area contributed by atoms with E-state index in [1.165, 1.54) is 12.1 Å². The zero-order valence-corrected chi connectivity index (χ0v) is 14.2. The summed E-state index contributed by atoms with van der Waals surface area (Å²) in [6.45, 7) is 9.01. The maximum Gasteiger partial charge on any atom is 0.154 e.